The predicted octanol–water partition coefficient (Wildman–Crippen LogP) is 14.9. The standard InChI is InChI=1S/C53H38N2S/c1-34-14-11-24-46(54-47-33-39(31-37-15-5-6-20-41(37)47)42-23-13-27-51-53(42)44-22-8-10-26-50(44)56-51)52(34)38-17-12-16-35(30-38)36-28-29-49-45(32-36)43-21-7-9-25-48(43)55(49)40-18-3-2-4-19-40/h2-34,52,54H,1H3. The number of para-hydroxylation sites is 2. The van der Waals surface area contributed by atoms with Gasteiger partial charge in [0, 0.05) is 59.3 Å². The van der Waals surface area contributed by atoms with Gasteiger partial charge in [-0.3, -0.25) is 0 Å². The van der Waals surface area contributed by atoms with Gasteiger partial charge in [-0.05, 0) is 99.8 Å². The number of hydrogen-bond acceptors (Lipinski definition) is 2. The van der Waals surface area contributed by atoms with Crippen LogP contribution in [0.4, 0.5) is 5.69 Å². The smallest absolute Gasteiger partial charge is 0.0541 e. The quantitative estimate of drug-likeness (QED) is 0.180. The van der Waals surface area contributed by atoms with Crippen LogP contribution >= 0.6 is 11.3 Å². The zero-order chi connectivity index (χ0) is 37.2. The predicted molar refractivity (Wildman–Crippen MR) is 241 cm³/mol. The second-order valence-electron chi connectivity index (χ2n) is 15.0. The topological polar surface area (TPSA) is 17.0 Å². The highest BCUT2D eigenvalue weighted by atomic mass is 32.1. The highest BCUT2D eigenvalue weighted by molar-refractivity contribution is 7.25. The van der Waals surface area contributed by atoms with E-state index in [1.165, 1.54) is 92.0 Å². The first-order valence-electron chi connectivity index (χ1n) is 19.5. The summed E-state index contributed by atoms with van der Waals surface area (Å²) in [5, 5.41) is 11.7. The van der Waals surface area contributed by atoms with Crippen LogP contribution in [0.15, 0.2) is 200 Å². The molecule has 0 amide bonds. The third-order valence-electron chi connectivity index (χ3n) is 11.7. The van der Waals surface area contributed by atoms with Crippen LogP contribution in [0.2, 0.25) is 0 Å². The number of nitrogens with zero attached hydrogens (tertiary/aromatic N) is 1. The molecule has 3 heteroatoms. The van der Waals surface area contributed by atoms with Gasteiger partial charge in [0.1, 0.15) is 0 Å². The molecule has 8 aromatic carbocycles. The number of thiophene rings is 1. The molecule has 10 aromatic rings. The van der Waals surface area contributed by atoms with Gasteiger partial charge < -0.3 is 9.88 Å². The summed E-state index contributed by atoms with van der Waals surface area (Å²) in [5.74, 6) is 0.472. The molecule has 266 valence electrons. The molecule has 1 aliphatic carbocycles. The maximum Gasteiger partial charge on any atom is 0.0541 e. The Morgan fingerprint density at radius 3 is 2.18 bits per heavy atom. The Morgan fingerprint density at radius 1 is 0.536 bits per heavy atom. The summed E-state index contributed by atoms with van der Waals surface area (Å²) in [5.41, 5.74) is 12.2. The van der Waals surface area contributed by atoms with Crippen molar-refractivity contribution in [1.29, 1.82) is 0 Å². The van der Waals surface area contributed by atoms with Gasteiger partial charge in [-0.1, -0.05) is 140 Å². The molecule has 0 fully saturated rings. The molecular weight excluding hydrogens is 697 g/mol. The molecule has 0 saturated carbocycles. The van der Waals surface area contributed by atoms with E-state index in [2.05, 4.69) is 211 Å². The lowest BCUT2D eigenvalue weighted by Gasteiger charge is -2.29. The fraction of sp³-hybridized carbons (Fsp3) is 0.0566. The van der Waals surface area contributed by atoms with Gasteiger partial charge in [-0.15, -0.1) is 11.3 Å². The number of allylic oxidation sites excluding steroid dienone is 4. The van der Waals surface area contributed by atoms with Crippen molar-refractivity contribution in [3.05, 3.63) is 205 Å². The van der Waals surface area contributed by atoms with E-state index in [0.717, 1.165) is 5.69 Å². The summed E-state index contributed by atoms with van der Waals surface area (Å²) in [6.45, 7) is 2.34. The van der Waals surface area contributed by atoms with Crippen molar-refractivity contribution in [1.82, 2.24) is 4.57 Å². The maximum absolute atomic E-state index is 4.02. The minimum absolute atomic E-state index is 0.162. The molecule has 56 heavy (non-hydrogen) atoms. The highest BCUT2D eigenvalue weighted by Gasteiger charge is 2.26. The number of anilines is 1. The lowest BCUT2D eigenvalue weighted by molar-refractivity contribution is 0.609. The van der Waals surface area contributed by atoms with Crippen molar-refractivity contribution in [2.45, 2.75) is 12.8 Å². The average Bonchev–Trinajstić information content (AvgIpc) is 3.80. The minimum Gasteiger partial charge on any atom is -0.358 e. The van der Waals surface area contributed by atoms with Crippen LogP contribution in [0.25, 0.3) is 80.7 Å². The summed E-state index contributed by atoms with van der Waals surface area (Å²) in [4.78, 5) is 0. The van der Waals surface area contributed by atoms with E-state index in [0.29, 0.717) is 5.92 Å². The lowest BCUT2D eigenvalue weighted by atomic mass is 9.80. The molecule has 1 N–H and O–H groups in total. The van der Waals surface area contributed by atoms with E-state index in [-0.39, 0.29) is 5.92 Å². The number of hydrogen-bond donors (Lipinski definition) is 1. The molecule has 0 radical (unpaired) electrons. The van der Waals surface area contributed by atoms with Gasteiger partial charge in [0.25, 0.3) is 0 Å². The first kappa shape index (κ1) is 32.7. The Kier molecular flexibility index (Phi) is 7.75. The van der Waals surface area contributed by atoms with Gasteiger partial charge in [0.15, 0.2) is 0 Å². The van der Waals surface area contributed by atoms with Crippen molar-refractivity contribution in [3.63, 3.8) is 0 Å². The monoisotopic (exact) mass is 734 g/mol. The number of aromatic nitrogens is 1. The van der Waals surface area contributed by atoms with Crippen molar-refractivity contribution in [2.24, 2.45) is 5.92 Å². The molecule has 0 aliphatic heterocycles. The molecule has 2 aromatic heterocycles. The van der Waals surface area contributed by atoms with E-state index >= 15 is 0 Å². The first-order valence-corrected chi connectivity index (χ1v) is 20.3. The summed E-state index contributed by atoms with van der Waals surface area (Å²) in [6, 6.07) is 64.6. The molecule has 0 spiro atoms. The second kappa shape index (κ2) is 13.3. The Labute approximate surface area is 330 Å². The summed E-state index contributed by atoms with van der Waals surface area (Å²) in [7, 11) is 0. The van der Waals surface area contributed by atoms with Crippen LogP contribution in [0.1, 0.15) is 18.4 Å². The average molecular weight is 735 g/mol. The molecule has 2 atom stereocenters. The molecule has 2 nitrogen and oxygen atoms in total. The number of benzene rings is 8. The zero-order valence-electron chi connectivity index (χ0n) is 31.0. The number of rotatable bonds is 6. The molecule has 0 saturated heterocycles. The first-order chi connectivity index (χ1) is 27.7. The van der Waals surface area contributed by atoms with Gasteiger partial charge in [-0.2, -0.15) is 0 Å². The fourth-order valence-electron chi connectivity index (χ4n) is 9.09. The van der Waals surface area contributed by atoms with Crippen LogP contribution in [-0.2, 0) is 0 Å². The molecule has 1 aliphatic rings. The van der Waals surface area contributed by atoms with Gasteiger partial charge in [0.2, 0.25) is 0 Å². The SMILES string of the molecule is CC1C=CC=C(Nc2cc(-c3cccc4sc5ccccc5c34)cc3ccccc23)C1c1cccc(-c2ccc3c(c2)c2ccccc2n3-c2ccccc2)c1. The summed E-state index contributed by atoms with van der Waals surface area (Å²) >= 11 is 1.87. The Morgan fingerprint density at radius 2 is 1.27 bits per heavy atom. The Balaban J connectivity index is 0.992. The van der Waals surface area contributed by atoms with E-state index in [4.69, 9.17) is 0 Å². The van der Waals surface area contributed by atoms with Crippen molar-refractivity contribution < 1.29 is 0 Å². The highest BCUT2D eigenvalue weighted by Crippen LogP contribution is 2.44. The van der Waals surface area contributed by atoms with Crippen LogP contribution in [-0.4, -0.2) is 4.57 Å². The van der Waals surface area contributed by atoms with Crippen LogP contribution < -0.4 is 5.32 Å². The van der Waals surface area contributed by atoms with Gasteiger partial charge >= 0.3 is 0 Å². The minimum atomic E-state index is 0.162. The number of fused-ring (bicyclic) bond motifs is 7. The molecular formula is C53H38N2S. The van der Waals surface area contributed by atoms with E-state index in [9.17, 15) is 0 Å². The van der Waals surface area contributed by atoms with Gasteiger partial charge in [-0.25, -0.2) is 0 Å². The third kappa shape index (κ3) is 5.38. The van der Waals surface area contributed by atoms with Crippen molar-refractivity contribution >= 4 is 69.8 Å². The van der Waals surface area contributed by atoms with Crippen LogP contribution in [0.3, 0.4) is 0 Å². The fourth-order valence-corrected chi connectivity index (χ4v) is 10.2. The zero-order valence-corrected chi connectivity index (χ0v) is 31.8. The number of nitrogens with one attached hydrogen (secondary N) is 1. The van der Waals surface area contributed by atoms with Crippen LogP contribution in [0, 0.1) is 5.92 Å². The van der Waals surface area contributed by atoms with Crippen molar-refractivity contribution in [3.8, 4) is 27.9 Å². The summed E-state index contributed by atoms with van der Waals surface area (Å²) in [6.07, 6.45) is 6.83. The van der Waals surface area contributed by atoms with Crippen molar-refractivity contribution in [2.75, 3.05) is 5.32 Å². The lowest BCUT2D eigenvalue weighted by Crippen LogP contribution is -2.19. The Bertz CT molecular complexity index is 3200. The summed E-state index contributed by atoms with van der Waals surface area (Å²) < 4.78 is 5.03. The molecule has 2 heterocycles. The molecule has 2 unspecified atom stereocenters. The third-order valence-corrected chi connectivity index (χ3v) is 12.8. The molecule has 0 bridgehead atoms. The van der Waals surface area contributed by atoms with E-state index < -0.39 is 0 Å². The van der Waals surface area contributed by atoms with Gasteiger partial charge in [0.05, 0.1) is 11.0 Å². The normalized spacial score (nSPS) is 15.6. The Hall–Kier alpha value is -6.68. The largest absolute Gasteiger partial charge is 0.358 e. The van der Waals surface area contributed by atoms with E-state index in [1.807, 2.05) is 11.3 Å². The van der Waals surface area contributed by atoms with Crippen LogP contribution in [0.5, 0.6) is 0 Å². The maximum atomic E-state index is 4.02. The second-order valence-corrected chi connectivity index (χ2v) is 16.1. The van der Waals surface area contributed by atoms with E-state index in [1.54, 1.807) is 0 Å². The molecule has 11 rings (SSSR count).